The van der Waals surface area contributed by atoms with Gasteiger partial charge in [-0.05, 0) is 68.1 Å². The Bertz CT molecular complexity index is 409. The van der Waals surface area contributed by atoms with Gasteiger partial charge in [0.1, 0.15) is 0 Å². The molecule has 1 aromatic carbocycles. The molecule has 100 valence electrons. The van der Waals surface area contributed by atoms with E-state index in [0.29, 0.717) is 17.4 Å². The van der Waals surface area contributed by atoms with E-state index in [-0.39, 0.29) is 6.61 Å². The van der Waals surface area contributed by atoms with E-state index in [9.17, 15) is 8.78 Å². The van der Waals surface area contributed by atoms with Gasteiger partial charge in [-0.25, -0.2) is 8.78 Å². The molecule has 0 aromatic heterocycles. The molecule has 0 bridgehead atoms. The molecule has 1 N–H and O–H groups in total. The summed E-state index contributed by atoms with van der Waals surface area (Å²) in [5.41, 5.74) is 1.41. The van der Waals surface area contributed by atoms with Gasteiger partial charge in [-0.2, -0.15) is 0 Å². The number of hydrogen-bond acceptors (Lipinski definition) is 1. The molecule has 3 heteroatoms. The van der Waals surface area contributed by atoms with E-state index >= 15 is 0 Å². The lowest BCUT2D eigenvalue weighted by Gasteiger charge is -2.29. The van der Waals surface area contributed by atoms with Crippen LogP contribution in [0, 0.1) is 24.5 Å². The summed E-state index contributed by atoms with van der Waals surface area (Å²) in [6, 6.07) is 2.96. The zero-order valence-electron chi connectivity index (χ0n) is 10.8. The predicted octanol–water partition coefficient (Wildman–Crippen LogP) is 3.93. The Balaban J connectivity index is 2.08. The van der Waals surface area contributed by atoms with Crippen LogP contribution in [0.3, 0.4) is 0 Å². The van der Waals surface area contributed by atoms with E-state index in [0.717, 1.165) is 37.7 Å². The van der Waals surface area contributed by atoms with Gasteiger partial charge in [-0.1, -0.05) is 6.07 Å². The standard InChI is InChI=1S/C15H20F2O/c1-10-13(6-7-14(16)15(10)17)12-4-2-11(3-5-12)8-9-18/h6-7,11-12,18H,2-5,8-9H2,1H3. The monoisotopic (exact) mass is 254 g/mol. The van der Waals surface area contributed by atoms with Crippen molar-refractivity contribution in [3.8, 4) is 0 Å². The van der Waals surface area contributed by atoms with Crippen molar-refractivity contribution in [1.82, 2.24) is 0 Å². The SMILES string of the molecule is Cc1c(C2CCC(CCO)CC2)ccc(F)c1F. The van der Waals surface area contributed by atoms with Crippen molar-refractivity contribution >= 4 is 0 Å². The first-order valence-electron chi connectivity index (χ1n) is 6.68. The molecule has 0 heterocycles. The normalized spacial score (nSPS) is 24.2. The molecule has 0 aliphatic heterocycles. The Hall–Kier alpha value is -0.960. The van der Waals surface area contributed by atoms with Gasteiger partial charge in [0, 0.05) is 6.61 Å². The number of hydrogen-bond donors (Lipinski definition) is 1. The van der Waals surface area contributed by atoms with Crippen LogP contribution >= 0.6 is 0 Å². The van der Waals surface area contributed by atoms with Crippen LogP contribution < -0.4 is 0 Å². The van der Waals surface area contributed by atoms with E-state index in [4.69, 9.17) is 5.11 Å². The van der Waals surface area contributed by atoms with Gasteiger partial charge in [0.15, 0.2) is 11.6 Å². The number of aliphatic hydroxyl groups is 1. The Labute approximate surface area is 107 Å². The molecule has 2 rings (SSSR count). The summed E-state index contributed by atoms with van der Waals surface area (Å²) in [5.74, 6) is -0.526. The van der Waals surface area contributed by atoms with Crippen LogP contribution in [0.5, 0.6) is 0 Å². The van der Waals surface area contributed by atoms with Crippen molar-refractivity contribution in [2.75, 3.05) is 6.61 Å². The largest absolute Gasteiger partial charge is 0.396 e. The summed E-state index contributed by atoms with van der Waals surface area (Å²) in [5, 5.41) is 8.92. The zero-order chi connectivity index (χ0) is 13.1. The lowest BCUT2D eigenvalue weighted by atomic mass is 9.76. The van der Waals surface area contributed by atoms with Gasteiger partial charge < -0.3 is 5.11 Å². The number of benzene rings is 1. The summed E-state index contributed by atoms with van der Waals surface area (Å²) in [6.45, 7) is 1.91. The molecule has 1 aromatic rings. The minimum atomic E-state index is -0.759. The van der Waals surface area contributed by atoms with Gasteiger partial charge in [0.25, 0.3) is 0 Å². The van der Waals surface area contributed by atoms with E-state index in [1.165, 1.54) is 6.07 Å². The van der Waals surface area contributed by atoms with Crippen LogP contribution in [0.25, 0.3) is 0 Å². The lowest BCUT2D eigenvalue weighted by molar-refractivity contribution is 0.222. The topological polar surface area (TPSA) is 20.2 Å². The highest BCUT2D eigenvalue weighted by molar-refractivity contribution is 5.31. The second kappa shape index (κ2) is 5.79. The number of rotatable bonds is 3. The van der Waals surface area contributed by atoms with Gasteiger partial charge in [-0.15, -0.1) is 0 Å². The van der Waals surface area contributed by atoms with Gasteiger partial charge in [0.2, 0.25) is 0 Å². The first kappa shape index (κ1) is 13.5. The average Bonchev–Trinajstić information content (AvgIpc) is 2.38. The fourth-order valence-corrected chi connectivity index (χ4v) is 3.05. The highest BCUT2D eigenvalue weighted by Gasteiger charge is 2.24. The molecule has 1 saturated carbocycles. The molecule has 1 nitrogen and oxygen atoms in total. The Morgan fingerprint density at radius 2 is 1.83 bits per heavy atom. The maximum absolute atomic E-state index is 13.5. The van der Waals surface area contributed by atoms with Gasteiger partial charge in [-0.3, -0.25) is 0 Å². The summed E-state index contributed by atoms with van der Waals surface area (Å²) in [4.78, 5) is 0. The second-order valence-electron chi connectivity index (χ2n) is 5.31. The van der Waals surface area contributed by atoms with Crippen LogP contribution in [-0.4, -0.2) is 11.7 Å². The highest BCUT2D eigenvalue weighted by Crippen LogP contribution is 2.38. The van der Waals surface area contributed by atoms with Crippen molar-refractivity contribution < 1.29 is 13.9 Å². The molecule has 0 spiro atoms. The summed E-state index contributed by atoms with van der Waals surface area (Å²) >= 11 is 0. The average molecular weight is 254 g/mol. The van der Waals surface area contributed by atoms with E-state index in [2.05, 4.69) is 0 Å². The molecule has 0 unspecified atom stereocenters. The first-order valence-corrected chi connectivity index (χ1v) is 6.68. The quantitative estimate of drug-likeness (QED) is 0.866. The van der Waals surface area contributed by atoms with E-state index in [1.54, 1.807) is 13.0 Å². The zero-order valence-corrected chi connectivity index (χ0v) is 10.8. The van der Waals surface area contributed by atoms with Crippen molar-refractivity contribution in [3.63, 3.8) is 0 Å². The first-order chi connectivity index (χ1) is 8.63. The molecule has 0 saturated heterocycles. The fourth-order valence-electron chi connectivity index (χ4n) is 3.05. The Kier molecular flexibility index (Phi) is 4.33. The van der Waals surface area contributed by atoms with Crippen molar-refractivity contribution in [2.24, 2.45) is 5.92 Å². The summed E-state index contributed by atoms with van der Waals surface area (Å²) in [7, 11) is 0. The molecular weight excluding hydrogens is 234 g/mol. The molecular formula is C15H20F2O. The van der Waals surface area contributed by atoms with Crippen LogP contribution in [0.4, 0.5) is 8.78 Å². The van der Waals surface area contributed by atoms with E-state index < -0.39 is 11.6 Å². The second-order valence-corrected chi connectivity index (χ2v) is 5.31. The molecule has 18 heavy (non-hydrogen) atoms. The Morgan fingerprint density at radius 3 is 2.44 bits per heavy atom. The molecule has 0 radical (unpaired) electrons. The third kappa shape index (κ3) is 2.72. The van der Waals surface area contributed by atoms with E-state index in [1.807, 2.05) is 0 Å². The lowest BCUT2D eigenvalue weighted by Crippen LogP contribution is -2.15. The maximum Gasteiger partial charge on any atom is 0.162 e. The van der Waals surface area contributed by atoms with Crippen LogP contribution in [0.15, 0.2) is 12.1 Å². The minimum Gasteiger partial charge on any atom is -0.396 e. The van der Waals surface area contributed by atoms with Crippen molar-refractivity contribution in [1.29, 1.82) is 0 Å². The highest BCUT2D eigenvalue weighted by atomic mass is 19.2. The smallest absolute Gasteiger partial charge is 0.162 e. The number of halogens is 2. The molecule has 1 aliphatic carbocycles. The number of aliphatic hydroxyl groups excluding tert-OH is 1. The maximum atomic E-state index is 13.5. The summed E-state index contributed by atoms with van der Waals surface area (Å²) < 4.78 is 26.6. The fraction of sp³-hybridized carbons (Fsp3) is 0.600. The molecule has 1 aliphatic rings. The minimum absolute atomic E-state index is 0.250. The Morgan fingerprint density at radius 1 is 1.17 bits per heavy atom. The van der Waals surface area contributed by atoms with Crippen molar-refractivity contribution in [2.45, 2.75) is 44.9 Å². The molecule has 0 amide bonds. The molecule has 0 atom stereocenters. The van der Waals surface area contributed by atoms with Crippen LogP contribution in [-0.2, 0) is 0 Å². The van der Waals surface area contributed by atoms with Gasteiger partial charge in [0.05, 0.1) is 0 Å². The van der Waals surface area contributed by atoms with Crippen molar-refractivity contribution in [3.05, 3.63) is 34.9 Å². The predicted molar refractivity (Wildman–Crippen MR) is 67.5 cm³/mol. The summed E-state index contributed by atoms with van der Waals surface area (Å²) in [6.07, 6.45) is 5.03. The third-order valence-electron chi connectivity index (χ3n) is 4.21. The van der Waals surface area contributed by atoms with Crippen LogP contribution in [0.2, 0.25) is 0 Å². The van der Waals surface area contributed by atoms with Crippen LogP contribution in [0.1, 0.15) is 49.1 Å². The third-order valence-corrected chi connectivity index (χ3v) is 4.21. The van der Waals surface area contributed by atoms with Gasteiger partial charge >= 0.3 is 0 Å². The molecule has 1 fully saturated rings.